The third kappa shape index (κ3) is 2.86. The highest BCUT2D eigenvalue weighted by atomic mass is 16.2. The summed E-state index contributed by atoms with van der Waals surface area (Å²) in [7, 11) is 0. The number of nitrogens with zero attached hydrogens (tertiary/aromatic N) is 1. The van der Waals surface area contributed by atoms with Gasteiger partial charge in [0.2, 0.25) is 11.8 Å². The SMILES string of the molecule is NC1(C(=O)NCC(=O)N2CCc3ccccc32)CCCCC1. The molecule has 3 N–H and O–H groups in total. The molecule has 2 aliphatic rings. The zero-order chi connectivity index (χ0) is 15.6. The van der Waals surface area contributed by atoms with Gasteiger partial charge < -0.3 is 16.0 Å². The minimum Gasteiger partial charge on any atom is -0.345 e. The largest absolute Gasteiger partial charge is 0.345 e. The predicted molar refractivity (Wildman–Crippen MR) is 85.5 cm³/mol. The molecule has 1 aliphatic carbocycles. The molecule has 0 unspecified atom stereocenters. The van der Waals surface area contributed by atoms with E-state index in [-0.39, 0.29) is 18.4 Å². The quantitative estimate of drug-likeness (QED) is 0.885. The van der Waals surface area contributed by atoms with Gasteiger partial charge in [0.15, 0.2) is 0 Å². The zero-order valence-electron chi connectivity index (χ0n) is 12.8. The summed E-state index contributed by atoms with van der Waals surface area (Å²) in [4.78, 5) is 26.4. The lowest BCUT2D eigenvalue weighted by Crippen LogP contribution is -2.56. The van der Waals surface area contributed by atoms with Gasteiger partial charge >= 0.3 is 0 Å². The maximum absolute atomic E-state index is 12.4. The highest BCUT2D eigenvalue weighted by Crippen LogP contribution is 2.28. The van der Waals surface area contributed by atoms with Crippen LogP contribution in [0.1, 0.15) is 37.7 Å². The van der Waals surface area contributed by atoms with Crippen molar-refractivity contribution in [1.29, 1.82) is 0 Å². The second-order valence-electron chi connectivity index (χ2n) is 6.32. The molecule has 1 saturated carbocycles. The summed E-state index contributed by atoms with van der Waals surface area (Å²) in [6.45, 7) is 0.702. The molecule has 5 heteroatoms. The minimum absolute atomic E-state index is 0.0200. The van der Waals surface area contributed by atoms with E-state index in [1.54, 1.807) is 4.90 Å². The lowest BCUT2D eigenvalue weighted by molar-refractivity contribution is -0.129. The van der Waals surface area contributed by atoms with Gasteiger partial charge in [0.05, 0.1) is 12.1 Å². The number of para-hydroxylation sites is 1. The molecular weight excluding hydrogens is 278 g/mol. The van der Waals surface area contributed by atoms with Crippen LogP contribution in [-0.4, -0.2) is 30.4 Å². The van der Waals surface area contributed by atoms with Gasteiger partial charge in [-0.3, -0.25) is 9.59 Å². The van der Waals surface area contributed by atoms with Gasteiger partial charge in [-0.1, -0.05) is 37.5 Å². The number of fused-ring (bicyclic) bond motifs is 1. The summed E-state index contributed by atoms with van der Waals surface area (Å²) in [5, 5.41) is 2.75. The number of rotatable bonds is 3. The molecule has 0 aromatic heterocycles. The van der Waals surface area contributed by atoms with E-state index < -0.39 is 5.54 Å². The van der Waals surface area contributed by atoms with Crippen LogP contribution in [-0.2, 0) is 16.0 Å². The summed E-state index contributed by atoms with van der Waals surface area (Å²) >= 11 is 0. The molecule has 1 aromatic rings. The third-order valence-corrected chi connectivity index (χ3v) is 4.79. The molecule has 0 bridgehead atoms. The molecule has 22 heavy (non-hydrogen) atoms. The number of hydrogen-bond acceptors (Lipinski definition) is 3. The number of hydrogen-bond donors (Lipinski definition) is 2. The molecule has 1 aliphatic heterocycles. The smallest absolute Gasteiger partial charge is 0.246 e. The van der Waals surface area contributed by atoms with Crippen LogP contribution >= 0.6 is 0 Å². The van der Waals surface area contributed by atoms with Gasteiger partial charge in [-0.15, -0.1) is 0 Å². The second kappa shape index (κ2) is 6.08. The molecule has 0 atom stereocenters. The Balaban J connectivity index is 1.58. The van der Waals surface area contributed by atoms with E-state index in [4.69, 9.17) is 5.73 Å². The highest BCUT2D eigenvalue weighted by molar-refractivity contribution is 5.99. The van der Waals surface area contributed by atoms with Crippen molar-refractivity contribution in [3.8, 4) is 0 Å². The number of nitrogens with two attached hydrogens (primary N) is 1. The average molecular weight is 301 g/mol. The van der Waals surface area contributed by atoms with Crippen molar-refractivity contribution >= 4 is 17.5 Å². The molecule has 1 fully saturated rings. The van der Waals surface area contributed by atoms with Crippen LogP contribution in [0.4, 0.5) is 5.69 Å². The number of anilines is 1. The molecule has 0 radical (unpaired) electrons. The van der Waals surface area contributed by atoms with E-state index in [1.165, 1.54) is 5.56 Å². The topological polar surface area (TPSA) is 75.4 Å². The van der Waals surface area contributed by atoms with E-state index in [9.17, 15) is 9.59 Å². The molecular formula is C17H23N3O2. The summed E-state index contributed by atoms with van der Waals surface area (Å²) in [6, 6.07) is 7.90. The van der Waals surface area contributed by atoms with Crippen molar-refractivity contribution in [2.24, 2.45) is 5.73 Å². The third-order valence-electron chi connectivity index (χ3n) is 4.79. The van der Waals surface area contributed by atoms with Gasteiger partial charge in [-0.25, -0.2) is 0 Å². The maximum atomic E-state index is 12.4. The molecule has 5 nitrogen and oxygen atoms in total. The molecule has 3 rings (SSSR count). The number of carbonyl (C=O) groups excluding carboxylic acids is 2. The van der Waals surface area contributed by atoms with E-state index in [2.05, 4.69) is 5.32 Å². The van der Waals surface area contributed by atoms with E-state index in [0.717, 1.165) is 31.4 Å². The number of benzene rings is 1. The maximum Gasteiger partial charge on any atom is 0.246 e. The van der Waals surface area contributed by atoms with E-state index in [1.807, 2.05) is 24.3 Å². The predicted octanol–water partition coefficient (Wildman–Crippen LogP) is 1.35. The van der Waals surface area contributed by atoms with E-state index in [0.29, 0.717) is 19.4 Å². The van der Waals surface area contributed by atoms with Gasteiger partial charge in [0.25, 0.3) is 0 Å². The first-order valence-electron chi connectivity index (χ1n) is 8.06. The molecule has 0 saturated heterocycles. The van der Waals surface area contributed by atoms with Crippen molar-refractivity contribution in [2.75, 3.05) is 18.0 Å². The summed E-state index contributed by atoms with van der Waals surface area (Å²) < 4.78 is 0. The summed E-state index contributed by atoms with van der Waals surface area (Å²) in [6.07, 6.45) is 5.39. The lowest BCUT2D eigenvalue weighted by atomic mass is 9.82. The van der Waals surface area contributed by atoms with Gasteiger partial charge in [-0.2, -0.15) is 0 Å². The van der Waals surface area contributed by atoms with Crippen molar-refractivity contribution in [1.82, 2.24) is 5.32 Å². The number of carbonyl (C=O) groups is 2. The molecule has 1 heterocycles. The van der Waals surface area contributed by atoms with Crippen LogP contribution in [0, 0.1) is 0 Å². The van der Waals surface area contributed by atoms with Crippen LogP contribution < -0.4 is 16.0 Å². The Labute approximate surface area is 130 Å². The standard InChI is InChI=1S/C17H23N3O2/c18-17(9-4-1-5-10-17)16(22)19-12-15(21)20-11-8-13-6-2-3-7-14(13)20/h2-3,6-7H,1,4-5,8-12,18H2,(H,19,22). The fraction of sp³-hybridized carbons (Fsp3) is 0.529. The monoisotopic (exact) mass is 301 g/mol. The summed E-state index contributed by atoms with van der Waals surface area (Å²) in [5.74, 6) is -0.259. The fourth-order valence-electron chi connectivity index (χ4n) is 3.43. The fourth-order valence-corrected chi connectivity index (χ4v) is 3.43. The Morgan fingerprint density at radius 3 is 2.68 bits per heavy atom. The van der Waals surface area contributed by atoms with Crippen molar-refractivity contribution in [3.63, 3.8) is 0 Å². The van der Waals surface area contributed by atoms with Crippen LogP contribution in [0.25, 0.3) is 0 Å². The first-order chi connectivity index (χ1) is 10.6. The molecule has 1 aromatic carbocycles. The van der Waals surface area contributed by atoms with Crippen molar-refractivity contribution in [2.45, 2.75) is 44.1 Å². The van der Waals surface area contributed by atoms with Crippen LogP contribution in [0.15, 0.2) is 24.3 Å². The molecule has 0 spiro atoms. The first-order valence-corrected chi connectivity index (χ1v) is 8.06. The number of nitrogens with one attached hydrogen (secondary N) is 1. The highest BCUT2D eigenvalue weighted by Gasteiger charge is 2.35. The number of amides is 2. The second-order valence-corrected chi connectivity index (χ2v) is 6.32. The Morgan fingerprint density at radius 1 is 1.18 bits per heavy atom. The Kier molecular flexibility index (Phi) is 4.16. The zero-order valence-corrected chi connectivity index (χ0v) is 12.8. The van der Waals surface area contributed by atoms with Gasteiger partial charge in [-0.05, 0) is 30.9 Å². The van der Waals surface area contributed by atoms with Crippen molar-refractivity contribution in [3.05, 3.63) is 29.8 Å². The minimum atomic E-state index is -0.790. The van der Waals surface area contributed by atoms with Crippen LogP contribution in [0.3, 0.4) is 0 Å². The molecule has 118 valence electrons. The van der Waals surface area contributed by atoms with Crippen LogP contribution in [0.2, 0.25) is 0 Å². The Morgan fingerprint density at radius 2 is 1.91 bits per heavy atom. The normalized spacial score (nSPS) is 19.6. The van der Waals surface area contributed by atoms with Gasteiger partial charge in [0, 0.05) is 12.2 Å². The Bertz CT molecular complexity index is 579. The first kappa shape index (κ1) is 15.0. The van der Waals surface area contributed by atoms with Crippen molar-refractivity contribution < 1.29 is 9.59 Å². The van der Waals surface area contributed by atoms with Crippen LogP contribution in [0.5, 0.6) is 0 Å². The van der Waals surface area contributed by atoms with Gasteiger partial charge in [0.1, 0.15) is 0 Å². The molecule has 2 amide bonds. The summed E-state index contributed by atoms with van der Waals surface area (Å²) in [5.41, 5.74) is 7.54. The Hall–Kier alpha value is -1.88. The lowest BCUT2D eigenvalue weighted by Gasteiger charge is -2.32. The average Bonchev–Trinajstić information content (AvgIpc) is 2.97. The van der Waals surface area contributed by atoms with E-state index >= 15 is 0 Å².